The summed E-state index contributed by atoms with van der Waals surface area (Å²) in [6.45, 7) is 6.96. The monoisotopic (exact) mass is 522 g/mol. The number of aryl methyl sites for hydroxylation is 2. The van der Waals surface area contributed by atoms with E-state index in [2.05, 4.69) is 116 Å². The van der Waals surface area contributed by atoms with E-state index in [-0.39, 0.29) is 0 Å². The molecule has 0 amide bonds. The third kappa shape index (κ3) is 6.84. The zero-order valence-corrected chi connectivity index (χ0v) is 24.0. The highest BCUT2D eigenvalue weighted by molar-refractivity contribution is 5.67. The number of rotatable bonds is 10. The topological polar surface area (TPSA) is 0 Å². The Hall–Kier alpha value is -3.82. The second-order valence-corrected chi connectivity index (χ2v) is 11.6. The quantitative estimate of drug-likeness (QED) is 0.144. The Bertz CT molecular complexity index is 1410. The molecular weight excluding hydrogens is 480 g/mol. The van der Waals surface area contributed by atoms with Crippen LogP contribution < -0.4 is 0 Å². The summed E-state index contributed by atoms with van der Waals surface area (Å²) in [4.78, 5) is 0. The van der Waals surface area contributed by atoms with E-state index in [0.29, 0.717) is 11.8 Å². The van der Waals surface area contributed by atoms with E-state index in [1.807, 2.05) is 0 Å². The molecular formula is C40H42. The van der Waals surface area contributed by atoms with Crippen LogP contribution in [0, 0.1) is 24.2 Å². The summed E-state index contributed by atoms with van der Waals surface area (Å²) < 4.78 is 0. The highest BCUT2D eigenvalue weighted by atomic mass is 14.3. The molecule has 0 spiro atoms. The summed E-state index contributed by atoms with van der Waals surface area (Å²) in [6.07, 6.45) is 14.9. The molecule has 40 heavy (non-hydrogen) atoms. The standard InChI is InChI=1S/C40H42/c1-4-31-17-19-33(20-18-31)29-34-21-23-37(24-22-34)40(30(3)15-16-32-11-7-6-8-12-32)38-27-25-36(26-28-38)39-14-10-9-13-35(39)5-2/h1,6-14,17-20,25-28,34,37,40H,3,5,15-16,21-24,29H2,2H3. The van der Waals surface area contributed by atoms with Crippen LogP contribution in [0.2, 0.25) is 0 Å². The van der Waals surface area contributed by atoms with Gasteiger partial charge in [-0.25, -0.2) is 0 Å². The molecule has 5 rings (SSSR count). The van der Waals surface area contributed by atoms with E-state index in [4.69, 9.17) is 13.0 Å². The van der Waals surface area contributed by atoms with E-state index < -0.39 is 0 Å². The number of allylic oxidation sites excluding steroid dienone is 1. The van der Waals surface area contributed by atoms with Crippen LogP contribution in [0.15, 0.2) is 115 Å². The van der Waals surface area contributed by atoms with Gasteiger partial charge in [-0.2, -0.15) is 0 Å². The molecule has 0 nitrogen and oxygen atoms in total. The summed E-state index contributed by atoms with van der Waals surface area (Å²) in [6, 6.07) is 37.7. The van der Waals surface area contributed by atoms with Crippen LogP contribution >= 0.6 is 0 Å². The molecule has 1 aliphatic rings. The van der Waals surface area contributed by atoms with Crippen LogP contribution in [-0.2, 0) is 19.3 Å². The van der Waals surface area contributed by atoms with Gasteiger partial charge in [0, 0.05) is 11.5 Å². The molecule has 4 aromatic carbocycles. The van der Waals surface area contributed by atoms with Gasteiger partial charge in [0.15, 0.2) is 0 Å². The first kappa shape index (κ1) is 27.7. The van der Waals surface area contributed by atoms with E-state index in [1.165, 1.54) is 64.6 Å². The zero-order valence-electron chi connectivity index (χ0n) is 24.0. The van der Waals surface area contributed by atoms with Gasteiger partial charge in [-0.15, -0.1) is 6.42 Å². The maximum Gasteiger partial charge on any atom is 0.0242 e. The van der Waals surface area contributed by atoms with Crippen LogP contribution in [0.3, 0.4) is 0 Å². The lowest BCUT2D eigenvalue weighted by atomic mass is 9.69. The third-order valence-electron chi connectivity index (χ3n) is 9.00. The number of benzene rings is 4. The number of terminal acetylenes is 1. The van der Waals surface area contributed by atoms with Gasteiger partial charge in [0.05, 0.1) is 0 Å². The fraction of sp³-hybridized carbons (Fsp3) is 0.300. The lowest BCUT2D eigenvalue weighted by Gasteiger charge is -2.36. The smallest absolute Gasteiger partial charge is 0.0242 e. The Morgan fingerprint density at radius 2 is 1.48 bits per heavy atom. The molecule has 0 saturated heterocycles. The van der Waals surface area contributed by atoms with Crippen molar-refractivity contribution in [1.29, 1.82) is 0 Å². The fourth-order valence-electron chi connectivity index (χ4n) is 6.72. The largest absolute Gasteiger partial charge is 0.115 e. The maximum atomic E-state index is 5.55. The van der Waals surface area contributed by atoms with Gasteiger partial charge in [-0.05, 0) is 109 Å². The minimum Gasteiger partial charge on any atom is -0.115 e. The van der Waals surface area contributed by atoms with Crippen LogP contribution in [0.1, 0.15) is 72.8 Å². The Morgan fingerprint density at radius 1 is 0.800 bits per heavy atom. The molecule has 1 atom stereocenters. The lowest BCUT2D eigenvalue weighted by Crippen LogP contribution is -2.23. The molecule has 0 bridgehead atoms. The summed E-state index contributed by atoms with van der Waals surface area (Å²) in [5, 5.41) is 0. The van der Waals surface area contributed by atoms with Crippen molar-refractivity contribution in [2.75, 3.05) is 0 Å². The fourth-order valence-corrected chi connectivity index (χ4v) is 6.72. The first-order chi connectivity index (χ1) is 19.6. The molecule has 202 valence electrons. The van der Waals surface area contributed by atoms with Gasteiger partial charge in [0.25, 0.3) is 0 Å². The maximum absolute atomic E-state index is 5.55. The van der Waals surface area contributed by atoms with Gasteiger partial charge in [-0.3, -0.25) is 0 Å². The Balaban J connectivity index is 1.32. The van der Waals surface area contributed by atoms with Crippen molar-refractivity contribution >= 4 is 0 Å². The summed E-state index contributed by atoms with van der Waals surface area (Å²) in [5.41, 5.74) is 10.7. The minimum atomic E-state index is 0.412. The lowest BCUT2D eigenvalue weighted by molar-refractivity contribution is 0.252. The number of hydrogen-bond acceptors (Lipinski definition) is 0. The Morgan fingerprint density at radius 3 is 2.15 bits per heavy atom. The molecule has 1 unspecified atom stereocenters. The Labute approximate surface area is 242 Å². The predicted molar refractivity (Wildman–Crippen MR) is 171 cm³/mol. The summed E-state index contributed by atoms with van der Waals surface area (Å²) >= 11 is 0. The molecule has 1 saturated carbocycles. The van der Waals surface area contributed by atoms with Crippen molar-refractivity contribution in [3.8, 4) is 23.5 Å². The van der Waals surface area contributed by atoms with Crippen molar-refractivity contribution in [1.82, 2.24) is 0 Å². The second kappa shape index (κ2) is 13.5. The molecule has 0 radical (unpaired) electrons. The molecule has 0 aromatic heterocycles. The van der Waals surface area contributed by atoms with Gasteiger partial charge in [0.1, 0.15) is 0 Å². The Kier molecular flexibility index (Phi) is 9.36. The molecule has 1 aliphatic carbocycles. The van der Waals surface area contributed by atoms with Gasteiger partial charge in [-0.1, -0.05) is 116 Å². The van der Waals surface area contributed by atoms with Crippen molar-refractivity contribution in [2.45, 2.75) is 64.2 Å². The van der Waals surface area contributed by atoms with Crippen molar-refractivity contribution in [3.05, 3.63) is 143 Å². The van der Waals surface area contributed by atoms with Gasteiger partial charge >= 0.3 is 0 Å². The first-order valence-corrected chi connectivity index (χ1v) is 15.1. The van der Waals surface area contributed by atoms with Crippen molar-refractivity contribution < 1.29 is 0 Å². The predicted octanol–water partition coefficient (Wildman–Crippen LogP) is 10.2. The normalized spacial score (nSPS) is 17.6. The minimum absolute atomic E-state index is 0.412. The molecule has 0 heterocycles. The van der Waals surface area contributed by atoms with Gasteiger partial charge in [0.2, 0.25) is 0 Å². The van der Waals surface area contributed by atoms with Crippen LogP contribution in [0.25, 0.3) is 11.1 Å². The van der Waals surface area contributed by atoms with Crippen molar-refractivity contribution in [3.63, 3.8) is 0 Å². The highest BCUT2D eigenvalue weighted by Gasteiger charge is 2.30. The molecule has 0 N–H and O–H groups in total. The van der Waals surface area contributed by atoms with E-state index >= 15 is 0 Å². The van der Waals surface area contributed by atoms with Crippen molar-refractivity contribution in [2.24, 2.45) is 11.8 Å². The van der Waals surface area contributed by atoms with E-state index in [0.717, 1.165) is 37.2 Å². The number of hydrogen-bond donors (Lipinski definition) is 0. The summed E-state index contributed by atoms with van der Waals surface area (Å²) in [5.74, 6) is 4.54. The molecule has 1 fully saturated rings. The molecule has 0 aliphatic heterocycles. The average molecular weight is 523 g/mol. The van der Waals surface area contributed by atoms with Crippen LogP contribution in [-0.4, -0.2) is 0 Å². The first-order valence-electron chi connectivity index (χ1n) is 15.1. The summed E-state index contributed by atoms with van der Waals surface area (Å²) in [7, 11) is 0. The second-order valence-electron chi connectivity index (χ2n) is 11.6. The SMILES string of the molecule is C#Cc1ccc(CC2CCC(C(C(=C)CCc3ccccc3)c3ccc(-c4ccccc4CC)cc3)CC2)cc1. The van der Waals surface area contributed by atoms with E-state index in [1.54, 1.807) is 0 Å². The van der Waals surface area contributed by atoms with Gasteiger partial charge < -0.3 is 0 Å². The average Bonchev–Trinajstić information content (AvgIpc) is 3.02. The van der Waals surface area contributed by atoms with E-state index in [9.17, 15) is 0 Å². The molecule has 0 heteroatoms. The zero-order chi connectivity index (χ0) is 27.7. The highest BCUT2D eigenvalue weighted by Crippen LogP contribution is 2.44. The van der Waals surface area contributed by atoms with Crippen LogP contribution in [0.4, 0.5) is 0 Å². The third-order valence-corrected chi connectivity index (χ3v) is 9.00. The molecule has 4 aromatic rings. The van der Waals surface area contributed by atoms with Crippen LogP contribution in [0.5, 0.6) is 0 Å².